The van der Waals surface area contributed by atoms with Crippen LogP contribution in [0.1, 0.15) is 12.8 Å². The van der Waals surface area contributed by atoms with E-state index in [-0.39, 0.29) is 24.9 Å². The summed E-state index contributed by atoms with van der Waals surface area (Å²) in [6.07, 6.45) is 2.10. The molecule has 130 valence electrons. The summed E-state index contributed by atoms with van der Waals surface area (Å²) in [5.41, 5.74) is 0.902. The van der Waals surface area contributed by atoms with Crippen LogP contribution >= 0.6 is 12.4 Å². The molecule has 2 aromatic rings. The van der Waals surface area contributed by atoms with Crippen molar-refractivity contribution in [1.82, 2.24) is 30.4 Å². The smallest absolute Gasteiger partial charge is 0.246 e. The van der Waals surface area contributed by atoms with E-state index in [9.17, 15) is 4.79 Å². The fraction of sp³-hybridized carbons (Fsp3) is 0.500. The molecular weight excluding hydrogens is 328 g/mol. The lowest BCUT2D eigenvalue weighted by molar-refractivity contribution is -0.133. The Morgan fingerprint density at radius 2 is 1.96 bits per heavy atom. The van der Waals surface area contributed by atoms with E-state index in [2.05, 4.69) is 20.7 Å². The molecule has 0 saturated carbocycles. The summed E-state index contributed by atoms with van der Waals surface area (Å²) in [6, 6.07) is 9.65. The zero-order valence-electron chi connectivity index (χ0n) is 13.8. The fourth-order valence-electron chi connectivity index (χ4n) is 2.91. The van der Waals surface area contributed by atoms with Crippen LogP contribution in [0.2, 0.25) is 0 Å². The van der Waals surface area contributed by atoms with Gasteiger partial charge in [0.15, 0.2) is 0 Å². The number of benzene rings is 1. The van der Waals surface area contributed by atoms with Gasteiger partial charge in [-0.05, 0) is 37.6 Å². The van der Waals surface area contributed by atoms with Gasteiger partial charge in [-0.15, -0.1) is 22.6 Å². The summed E-state index contributed by atoms with van der Waals surface area (Å²) in [6.45, 7) is 2.79. The minimum atomic E-state index is 0. The minimum Gasteiger partial charge on any atom is -0.341 e. The lowest BCUT2D eigenvalue weighted by Crippen LogP contribution is -2.42. The van der Waals surface area contributed by atoms with Crippen molar-refractivity contribution in [1.29, 1.82) is 0 Å². The van der Waals surface area contributed by atoms with Crippen molar-refractivity contribution in [3.63, 3.8) is 0 Å². The number of piperidine rings is 1. The lowest BCUT2D eigenvalue weighted by atomic mass is 9.97. The van der Waals surface area contributed by atoms with E-state index in [1.807, 2.05) is 42.3 Å². The average molecular weight is 351 g/mol. The van der Waals surface area contributed by atoms with Crippen LogP contribution in [-0.4, -0.2) is 57.7 Å². The Morgan fingerprint density at radius 1 is 1.25 bits per heavy atom. The molecule has 1 aliphatic heterocycles. The average Bonchev–Trinajstić information content (AvgIpc) is 3.05. The highest BCUT2D eigenvalue weighted by atomic mass is 35.5. The van der Waals surface area contributed by atoms with Crippen molar-refractivity contribution in [2.24, 2.45) is 5.92 Å². The molecule has 1 aromatic heterocycles. The second-order valence-corrected chi connectivity index (χ2v) is 5.89. The molecule has 1 aromatic carbocycles. The molecule has 0 atom stereocenters. The number of hydrogen-bond acceptors (Lipinski definition) is 5. The van der Waals surface area contributed by atoms with Crippen molar-refractivity contribution >= 4 is 18.3 Å². The zero-order valence-corrected chi connectivity index (χ0v) is 14.6. The predicted octanol–water partition coefficient (Wildman–Crippen LogP) is 1.22. The number of nitrogens with one attached hydrogen (secondary N) is 1. The highest BCUT2D eigenvalue weighted by Crippen LogP contribution is 2.17. The van der Waals surface area contributed by atoms with Crippen LogP contribution in [0.3, 0.4) is 0 Å². The van der Waals surface area contributed by atoms with Crippen LogP contribution in [0.4, 0.5) is 0 Å². The van der Waals surface area contributed by atoms with E-state index < -0.39 is 0 Å². The second kappa shape index (κ2) is 8.75. The van der Waals surface area contributed by atoms with E-state index in [0.29, 0.717) is 11.7 Å². The molecule has 1 N–H and O–H groups in total. The summed E-state index contributed by atoms with van der Waals surface area (Å²) < 4.78 is 0. The monoisotopic (exact) mass is 350 g/mol. The Bertz CT molecular complexity index is 639. The third-order valence-electron chi connectivity index (χ3n) is 4.22. The summed E-state index contributed by atoms with van der Waals surface area (Å²) in [5, 5.41) is 15.5. The number of nitrogens with zero attached hydrogens (tertiary/aromatic N) is 5. The normalized spacial score (nSPS) is 15.1. The van der Waals surface area contributed by atoms with Crippen LogP contribution in [-0.2, 0) is 11.3 Å². The maximum atomic E-state index is 12.4. The van der Waals surface area contributed by atoms with Crippen molar-refractivity contribution in [3.05, 3.63) is 30.3 Å². The number of tetrazole rings is 1. The molecule has 0 radical (unpaired) electrons. The van der Waals surface area contributed by atoms with Gasteiger partial charge in [0.2, 0.25) is 11.7 Å². The standard InChI is InChI=1S/C16H22N6O.ClH/c1-17-11-13-7-9-21(10-8-13)15(23)12-22-19-16(18-20-22)14-5-3-2-4-6-14;/h2-6,13,17H,7-12H2,1H3;1H. The molecule has 0 spiro atoms. The molecule has 8 heteroatoms. The van der Waals surface area contributed by atoms with Gasteiger partial charge in [-0.1, -0.05) is 30.3 Å². The van der Waals surface area contributed by atoms with Gasteiger partial charge in [0.05, 0.1) is 0 Å². The summed E-state index contributed by atoms with van der Waals surface area (Å²) in [4.78, 5) is 15.6. The van der Waals surface area contributed by atoms with Gasteiger partial charge in [-0.3, -0.25) is 4.79 Å². The molecule has 0 aliphatic carbocycles. The second-order valence-electron chi connectivity index (χ2n) is 5.89. The molecule has 0 bridgehead atoms. The highest BCUT2D eigenvalue weighted by Gasteiger charge is 2.23. The van der Waals surface area contributed by atoms with Gasteiger partial charge in [0, 0.05) is 18.7 Å². The maximum Gasteiger partial charge on any atom is 0.246 e. The van der Waals surface area contributed by atoms with Gasteiger partial charge >= 0.3 is 0 Å². The number of halogens is 1. The zero-order chi connectivity index (χ0) is 16.1. The first-order chi connectivity index (χ1) is 11.3. The molecular formula is C16H23ClN6O. The van der Waals surface area contributed by atoms with Crippen molar-refractivity contribution in [2.75, 3.05) is 26.7 Å². The van der Waals surface area contributed by atoms with E-state index in [1.54, 1.807) is 0 Å². The summed E-state index contributed by atoms with van der Waals surface area (Å²) >= 11 is 0. The van der Waals surface area contributed by atoms with Gasteiger partial charge in [0.1, 0.15) is 6.54 Å². The third kappa shape index (κ3) is 4.52. The molecule has 1 amide bonds. The summed E-state index contributed by atoms with van der Waals surface area (Å²) in [5.74, 6) is 1.27. The van der Waals surface area contributed by atoms with Crippen LogP contribution < -0.4 is 5.32 Å². The van der Waals surface area contributed by atoms with Crippen molar-refractivity contribution in [2.45, 2.75) is 19.4 Å². The van der Waals surface area contributed by atoms with Gasteiger partial charge in [-0.25, -0.2) is 0 Å². The number of carbonyl (C=O) groups excluding carboxylic acids is 1. The van der Waals surface area contributed by atoms with E-state index in [4.69, 9.17) is 0 Å². The highest BCUT2D eigenvalue weighted by molar-refractivity contribution is 5.85. The Kier molecular flexibility index (Phi) is 6.69. The Balaban J connectivity index is 0.00000208. The SMILES string of the molecule is CNCC1CCN(C(=O)Cn2nnc(-c3ccccc3)n2)CC1.Cl. The molecule has 7 nitrogen and oxygen atoms in total. The minimum absolute atomic E-state index is 0. The summed E-state index contributed by atoms with van der Waals surface area (Å²) in [7, 11) is 1.97. The van der Waals surface area contributed by atoms with Crippen LogP contribution in [0, 0.1) is 5.92 Å². The Morgan fingerprint density at radius 3 is 2.62 bits per heavy atom. The molecule has 24 heavy (non-hydrogen) atoms. The quantitative estimate of drug-likeness (QED) is 0.877. The van der Waals surface area contributed by atoms with E-state index >= 15 is 0 Å². The number of carbonyl (C=O) groups is 1. The first-order valence-corrected chi connectivity index (χ1v) is 8.02. The molecule has 1 fully saturated rings. The maximum absolute atomic E-state index is 12.4. The van der Waals surface area contributed by atoms with Gasteiger partial charge in [-0.2, -0.15) is 4.80 Å². The third-order valence-corrected chi connectivity index (χ3v) is 4.22. The molecule has 0 unspecified atom stereocenters. The number of hydrogen-bond donors (Lipinski definition) is 1. The first kappa shape index (κ1) is 18.4. The van der Waals surface area contributed by atoms with E-state index in [1.165, 1.54) is 4.80 Å². The Labute approximate surface area is 147 Å². The molecule has 1 aliphatic rings. The van der Waals surface area contributed by atoms with E-state index in [0.717, 1.165) is 38.0 Å². The first-order valence-electron chi connectivity index (χ1n) is 8.02. The van der Waals surface area contributed by atoms with Crippen LogP contribution in [0.5, 0.6) is 0 Å². The van der Waals surface area contributed by atoms with Crippen molar-refractivity contribution in [3.8, 4) is 11.4 Å². The molecule has 3 rings (SSSR count). The van der Waals surface area contributed by atoms with Crippen molar-refractivity contribution < 1.29 is 4.79 Å². The van der Waals surface area contributed by atoms with Gasteiger partial charge < -0.3 is 10.2 Å². The fourth-order valence-corrected chi connectivity index (χ4v) is 2.91. The predicted molar refractivity (Wildman–Crippen MR) is 93.7 cm³/mol. The number of aromatic nitrogens is 4. The van der Waals surface area contributed by atoms with Crippen LogP contribution in [0.25, 0.3) is 11.4 Å². The van der Waals surface area contributed by atoms with Gasteiger partial charge in [0.25, 0.3) is 0 Å². The number of amides is 1. The largest absolute Gasteiger partial charge is 0.341 e. The lowest BCUT2D eigenvalue weighted by Gasteiger charge is -2.31. The topological polar surface area (TPSA) is 75.9 Å². The number of rotatable bonds is 5. The number of likely N-dealkylation sites (tertiary alicyclic amines) is 1. The van der Waals surface area contributed by atoms with Crippen LogP contribution in [0.15, 0.2) is 30.3 Å². The molecule has 2 heterocycles. The molecule has 1 saturated heterocycles. The Hall–Kier alpha value is -1.99.